The quantitative estimate of drug-likeness (QED) is 0.793. The number of carbonyl (C=O) groups excluding carboxylic acids is 1. The summed E-state index contributed by atoms with van der Waals surface area (Å²) in [7, 11) is 0. The van der Waals surface area contributed by atoms with Crippen molar-refractivity contribution in [2.24, 2.45) is 0 Å². The number of ether oxygens (including phenoxy) is 1. The number of aromatic nitrogens is 1. The number of nitrogens with two attached hydrogens (primary N) is 1. The van der Waals surface area contributed by atoms with Crippen molar-refractivity contribution in [3.05, 3.63) is 23.5 Å². The summed E-state index contributed by atoms with van der Waals surface area (Å²) in [6.07, 6.45) is -3.87. The maximum absolute atomic E-state index is 12.5. The van der Waals surface area contributed by atoms with Crippen molar-refractivity contribution in [2.75, 3.05) is 12.3 Å². The van der Waals surface area contributed by atoms with Gasteiger partial charge in [0.1, 0.15) is 0 Å². The zero-order chi connectivity index (χ0) is 12.3. The highest BCUT2D eigenvalue weighted by atomic mass is 19.4. The Kier molecular flexibility index (Phi) is 3.36. The predicted molar refractivity (Wildman–Crippen MR) is 49.6 cm³/mol. The average Bonchev–Trinajstić information content (AvgIpc) is 2.16. The van der Waals surface area contributed by atoms with Gasteiger partial charge < -0.3 is 10.5 Å². The van der Waals surface area contributed by atoms with Gasteiger partial charge in [-0.3, -0.25) is 0 Å². The zero-order valence-corrected chi connectivity index (χ0v) is 8.34. The first-order chi connectivity index (χ1) is 7.36. The minimum absolute atomic E-state index is 0.0229. The fraction of sp³-hybridized carbons (Fsp3) is 0.333. The van der Waals surface area contributed by atoms with E-state index in [0.29, 0.717) is 0 Å². The van der Waals surface area contributed by atoms with Crippen LogP contribution >= 0.6 is 0 Å². The van der Waals surface area contributed by atoms with E-state index in [9.17, 15) is 18.0 Å². The number of nitrogen functional groups attached to an aromatic ring is 1. The van der Waals surface area contributed by atoms with E-state index in [2.05, 4.69) is 9.72 Å². The summed E-state index contributed by atoms with van der Waals surface area (Å²) in [6.45, 7) is 1.47. The summed E-state index contributed by atoms with van der Waals surface area (Å²) in [5.74, 6) is -1.09. The van der Waals surface area contributed by atoms with E-state index in [1.54, 1.807) is 0 Å². The molecule has 0 spiro atoms. The molecule has 1 rings (SSSR count). The molecule has 0 aliphatic rings. The molecule has 0 aromatic carbocycles. The van der Waals surface area contributed by atoms with E-state index in [0.717, 1.165) is 12.3 Å². The molecule has 16 heavy (non-hydrogen) atoms. The van der Waals surface area contributed by atoms with Crippen LogP contribution in [0.4, 0.5) is 18.9 Å². The Balaban J connectivity index is 3.24. The highest BCUT2D eigenvalue weighted by Gasteiger charge is 2.37. The lowest BCUT2D eigenvalue weighted by molar-refractivity contribution is -0.141. The molecule has 88 valence electrons. The van der Waals surface area contributed by atoms with Gasteiger partial charge in [0, 0.05) is 0 Å². The van der Waals surface area contributed by atoms with E-state index in [1.807, 2.05) is 0 Å². The summed E-state index contributed by atoms with van der Waals surface area (Å²) in [5.41, 5.74) is 3.27. The molecule has 0 amide bonds. The molecule has 0 fully saturated rings. The van der Waals surface area contributed by atoms with E-state index >= 15 is 0 Å². The fourth-order valence-corrected chi connectivity index (χ4v) is 1.07. The second kappa shape index (κ2) is 4.38. The summed E-state index contributed by atoms with van der Waals surface area (Å²) >= 11 is 0. The van der Waals surface area contributed by atoms with E-state index < -0.39 is 23.4 Å². The van der Waals surface area contributed by atoms with Gasteiger partial charge in [-0.05, 0) is 13.0 Å². The molecule has 7 heteroatoms. The van der Waals surface area contributed by atoms with Crippen molar-refractivity contribution in [1.82, 2.24) is 4.98 Å². The molecule has 0 aliphatic carbocycles. The Labute approximate surface area is 89.2 Å². The van der Waals surface area contributed by atoms with Gasteiger partial charge in [-0.15, -0.1) is 0 Å². The maximum Gasteiger partial charge on any atom is 0.434 e. The molecule has 1 heterocycles. The number of hydrogen-bond donors (Lipinski definition) is 1. The zero-order valence-electron chi connectivity index (χ0n) is 8.34. The van der Waals surface area contributed by atoms with Gasteiger partial charge in [-0.25, -0.2) is 9.78 Å². The predicted octanol–water partition coefficient (Wildman–Crippen LogP) is 1.86. The minimum Gasteiger partial charge on any atom is -0.462 e. The average molecular weight is 234 g/mol. The number of anilines is 1. The number of alkyl halides is 3. The molecule has 0 aliphatic heterocycles. The SMILES string of the molecule is CCOC(=O)c1cc(N)cnc1C(F)(F)F. The first-order valence-electron chi connectivity index (χ1n) is 4.36. The van der Waals surface area contributed by atoms with Gasteiger partial charge in [0.05, 0.1) is 24.1 Å². The van der Waals surface area contributed by atoms with Crippen molar-refractivity contribution in [3.63, 3.8) is 0 Å². The number of hydrogen-bond acceptors (Lipinski definition) is 4. The van der Waals surface area contributed by atoms with Crippen LogP contribution in [0.1, 0.15) is 23.0 Å². The van der Waals surface area contributed by atoms with Crippen molar-refractivity contribution < 1.29 is 22.7 Å². The van der Waals surface area contributed by atoms with Gasteiger partial charge in [0.15, 0.2) is 5.69 Å². The molecule has 0 atom stereocenters. The minimum atomic E-state index is -4.71. The van der Waals surface area contributed by atoms with Crippen LogP contribution in [-0.2, 0) is 10.9 Å². The molecule has 0 radical (unpaired) electrons. The van der Waals surface area contributed by atoms with Gasteiger partial charge in [0.2, 0.25) is 0 Å². The van der Waals surface area contributed by atoms with E-state index in [1.165, 1.54) is 6.92 Å². The third kappa shape index (κ3) is 2.62. The van der Waals surface area contributed by atoms with Crippen LogP contribution in [-0.4, -0.2) is 17.6 Å². The van der Waals surface area contributed by atoms with E-state index in [-0.39, 0.29) is 12.3 Å². The van der Waals surface area contributed by atoms with Crippen LogP contribution in [0, 0.1) is 0 Å². The number of rotatable bonds is 2. The Morgan fingerprint density at radius 2 is 2.19 bits per heavy atom. The third-order valence-corrected chi connectivity index (χ3v) is 1.67. The van der Waals surface area contributed by atoms with E-state index in [4.69, 9.17) is 5.73 Å². The lowest BCUT2D eigenvalue weighted by atomic mass is 10.2. The van der Waals surface area contributed by atoms with Crippen LogP contribution < -0.4 is 5.73 Å². The van der Waals surface area contributed by atoms with Crippen LogP contribution in [0.25, 0.3) is 0 Å². The van der Waals surface area contributed by atoms with Crippen LogP contribution in [0.3, 0.4) is 0 Å². The first kappa shape index (κ1) is 12.3. The van der Waals surface area contributed by atoms with Gasteiger partial charge in [0.25, 0.3) is 0 Å². The lowest BCUT2D eigenvalue weighted by Gasteiger charge is -2.11. The maximum atomic E-state index is 12.5. The highest BCUT2D eigenvalue weighted by molar-refractivity contribution is 5.91. The van der Waals surface area contributed by atoms with Gasteiger partial charge >= 0.3 is 12.1 Å². The number of pyridine rings is 1. The first-order valence-corrected chi connectivity index (χ1v) is 4.36. The van der Waals surface area contributed by atoms with Crippen molar-refractivity contribution in [2.45, 2.75) is 13.1 Å². The van der Waals surface area contributed by atoms with Crippen molar-refractivity contribution in [3.8, 4) is 0 Å². The molecule has 0 bridgehead atoms. The lowest BCUT2D eigenvalue weighted by Crippen LogP contribution is -2.17. The summed E-state index contributed by atoms with van der Waals surface area (Å²) < 4.78 is 41.9. The number of halogens is 3. The topological polar surface area (TPSA) is 65.2 Å². The molecular formula is C9H9F3N2O2. The smallest absolute Gasteiger partial charge is 0.434 e. The molecule has 2 N–H and O–H groups in total. The van der Waals surface area contributed by atoms with Crippen molar-refractivity contribution >= 4 is 11.7 Å². The van der Waals surface area contributed by atoms with Crippen molar-refractivity contribution in [1.29, 1.82) is 0 Å². The second-order valence-corrected chi connectivity index (χ2v) is 2.88. The van der Waals surface area contributed by atoms with Gasteiger partial charge in [-0.1, -0.05) is 0 Å². The Hall–Kier alpha value is -1.79. The van der Waals surface area contributed by atoms with Gasteiger partial charge in [-0.2, -0.15) is 13.2 Å². The molecule has 0 saturated heterocycles. The van der Waals surface area contributed by atoms with Crippen LogP contribution in [0.2, 0.25) is 0 Å². The molecule has 1 aromatic heterocycles. The molecule has 1 aromatic rings. The highest BCUT2D eigenvalue weighted by Crippen LogP contribution is 2.31. The number of nitrogens with zero attached hydrogens (tertiary/aromatic N) is 1. The summed E-state index contributed by atoms with van der Waals surface area (Å²) in [4.78, 5) is 14.3. The van der Waals surface area contributed by atoms with Crippen LogP contribution in [0.15, 0.2) is 12.3 Å². The standard InChI is InChI=1S/C9H9F3N2O2/c1-2-16-8(15)6-3-5(13)4-14-7(6)9(10,11)12/h3-4H,2,13H2,1H3. The Morgan fingerprint density at radius 1 is 1.56 bits per heavy atom. The normalized spacial score (nSPS) is 11.2. The molecule has 0 unspecified atom stereocenters. The molecule has 4 nitrogen and oxygen atoms in total. The monoisotopic (exact) mass is 234 g/mol. The summed E-state index contributed by atoms with van der Waals surface area (Å²) in [5, 5.41) is 0. The fourth-order valence-electron chi connectivity index (χ4n) is 1.07. The number of esters is 1. The second-order valence-electron chi connectivity index (χ2n) is 2.88. The third-order valence-electron chi connectivity index (χ3n) is 1.67. The molecular weight excluding hydrogens is 225 g/mol. The Bertz CT molecular complexity index is 404. The largest absolute Gasteiger partial charge is 0.462 e. The Morgan fingerprint density at radius 3 is 2.69 bits per heavy atom. The number of carbonyl (C=O) groups is 1. The summed E-state index contributed by atoms with van der Waals surface area (Å²) in [6, 6.07) is 0.897. The molecule has 0 saturated carbocycles. The van der Waals surface area contributed by atoms with Crippen LogP contribution in [0.5, 0.6) is 0 Å².